The number of rotatable bonds is 7. The summed E-state index contributed by atoms with van der Waals surface area (Å²) in [5, 5.41) is 0. The predicted molar refractivity (Wildman–Crippen MR) is 107 cm³/mol. The summed E-state index contributed by atoms with van der Waals surface area (Å²) in [5.41, 5.74) is 3.21. The highest BCUT2D eigenvalue weighted by Crippen LogP contribution is 2.29. The molecular weight excluding hydrogens is 381 g/mol. The van der Waals surface area contributed by atoms with E-state index in [4.69, 9.17) is 4.74 Å². The van der Waals surface area contributed by atoms with Gasteiger partial charge in [-0.1, -0.05) is 17.7 Å². The van der Waals surface area contributed by atoms with Crippen molar-refractivity contribution in [3.05, 3.63) is 47.2 Å². The van der Waals surface area contributed by atoms with Gasteiger partial charge in [0.15, 0.2) is 0 Å². The topological polar surface area (TPSA) is 71.5 Å². The average Bonchev–Trinajstić information content (AvgIpc) is 2.87. The van der Waals surface area contributed by atoms with Crippen molar-refractivity contribution in [2.24, 2.45) is 0 Å². The number of fused-ring (bicyclic) bond motifs is 1. The third kappa shape index (κ3) is 4.80. The number of sulfonamides is 1. The maximum absolute atomic E-state index is 12.7. The Morgan fingerprint density at radius 2 is 1.93 bits per heavy atom. The first-order valence-electron chi connectivity index (χ1n) is 9.37. The third-order valence-electron chi connectivity index (χ3n) is 4.90. The van der Waals surface area contributed by atoms with Crippen molar-refractivity contribution < 1.29 is 17.5 Å². The zero-order valence-electron chi connectivity index (χ0n) is 16.2. The molecule has 2 heterocycles. The van der Waals surface area contributed by atoms with Crippen LogP contribution in [0, 0.1) is 6.92 Å². The molecule has 6 nitrogen and oxygen atoms in total. The number of hydrogen-bond donors (Lipinski definition) is 1. The van der Waals surface area contributed by atoms with Gasteiger partial charge in [-0.3, -0.25) is 9.11 Å². The smallest absolute Gasteiger partial charge is 0.262 e. The molecule has 1 N–H and O–H groups in total. The van der Waals surface area contributed by atoms with Crippen molar-refractivity contribution in [2.45, 2.75) is 31.1 Å². The van der Waals surface area contributed by atoms with E-state index in [-0.39, 0.29) is 17.5 Å². The quantitative estimate of drug-likeness (QED) is 0.764. The molecule has 0 unspecified atom stereocenters. The molecule has 1 aliphatic rings. The highest BCUT2D eigenvalue weighted by atomic mass is 32.2. The van der Waals surface area contributed by atoms with E-state index in [1.54, 1.807) is 24.3 Å². The largest absolute Gasteiger partial charge is 0.479 e. The number of pyridine rings is 1. The van der Waals surface area contributed by atoms with Gasteiger partial charge in [-0.15, -0.1) is 0 Å². The average molecular weight is 408 g/mol. The highest BCUT2D eigenvalue weighted by molar-refractivity contribution is 7.92. The number of aromatic nitrogens is 1. The lowest BCUT2D eigenvalue weighted by Crippen LogP contribution is -2.27. The van der Waals surface area contributed by atoms with E-state index >= 15 is 0 Å². The van der Waals surface area contributed by atoms with Crippen molar-refractivity contribution >= 4 is 15.7 Å². The summed E-state index contributed by atoms with van der Waals surface area (Å²) in [6.07, 6.45) is 1.98. The minimum atomic E-state index is -3.74. The number of halogens is 1. The molecule has 0 amide bonds. The molecule has 0 bridgehead atoms. The zero-order chi connectivity index (χ0) is 20.1. The molecule has 0 saturated heterocycles. The monoisotopic (exact) mass is 407 g/mol. The second kappa shape index (κ2) is 8.87. The zero-order valence-corrected chi connectivity index (χ0v) is 17.1. The number of anilines is 1. The van der Waals surface area contributed by atoms with E-state index in [9.17, 15) is 12.8 Å². The fraction of sp³-hybridized carbons (Fsp3) is 0.450. The molecule has 28 heavy (non-hydrogen) atoms. The van der Waals surface area contributed by atoms with Crippen LogP contribution in [0.5, 0.6) is 5.88 Å². The summed E-state index contributed by atoms with van der Waals surface area (Å²) in [5.74, 6) is 0.256. The first kappa shape index (κ1) is 20.5. The van der Waals surface area contributed by atoms with Crippen LogP contribution >= 0.6 is 0 Å². The molecule has 3 rings (SSSR count). The van der Waals surface area contributed by atoms with Gasteiger partial charge in [-0.2, -0.15) is 0 Å². The molecule has 0 fully saturated rings. The molecule has 0 radical (unpaired) electrons. The van der Waals surface area contributed by atoms with Gasteiger partial charge in [0.2, 0.25) is 5.88 Å². The number of ether oxygens (including phenoxy) is 1. The number of aryl methyl sites for hydroxylation is 1. The molecule has 1 aliphatic heterocycles. The maximum atomic E-state index is 12.7. The minimum absolute atomic E-state index is 0.187. The Bertz CT molecular complexity index is 917. The third-order valence-corrected chi connectivity index (χ3v) is 6.28. The number of nitrogens with one attached hydrogen (secondary N) is 1. The van der Waals surface area contributed by atoms with Crippen LogP contribution in [0.3, 0.4) is 0 Å². The molecule has 2 aromatic rings. The Balaban J connectivity index is 1.85. The Morgan fingerprint density at radius 3 is 2.61 bits per heavy atom. The fourth-order valence-electron chi connectivity index (χ4n) is 3.32. The standard InChI is InChI=1S/C20H26FN3O3S/c1-15-4-6-17(7-5-15)28(25,26)23-19-14-16-8-12-24(11-3-10-21)13-9-18(16)22-20(19)27-2/h4-7,14,23H,3,8-13H2,1-2H3. The van der Waals surface area contributed by atoms with Crippen LogP contribution in [0.25, 0.3) is 0 Å². The molecular formula is C20H26FN3O3S. The van der Waals surface area contributed by atoms with Gasteiger partial charge in [-0.25, -0.2) is 13.4 Å². The Hall–Kier alpha value is -2.19. The number of benzene rings is 1. The molecule has 1 aromatic carbocycles. The van der Waals surface area contributed by atoms with Crippen molar-refractivity contribution in [1.82, 2.24) is 9.88 Å². The van der Waals surface area contributed by atoms with Crippen LogP contribution < -0.4 is 9.46 Å². The van der Waals surface area contributed by atoms with Crippen LogP contribution in [0.15, 0.2) is 35.2 Å². The number of hydrogen-bond acceptors (Lipinski definition) is 5. The van der Waals surface area contributed by atoms with Gasteiger partial charge < -0.3 is 9.64 Å². The van der Waals surface area contributed by atoms with Crippen LogP contribution in [0.1, 0.15) is 23.2 Å². The molecule has 1 aromatic heterocycles. The summed E-state index contributed by atoms with van der Waals surface area (Å²) in [6.45, 7) is 3.90. The number of nitrogens with zero attached hydrogens (tertiary/aromatic N) is 2. The Kier molecular flexibility index (Phi) is 6.51. The first-order valence-corrected chi connectivity index (χ1v) is 10.9. The SMILES string of the molecule is COc1nc2c(cc1NS(=O)(=O)c1ccc(C)cc1)CCN(CCCF)CC2. The molecule has 0 atom stereocenters. The lowest BCUT2D eigenvalue weighted by Gasteiger charge is -2.18. The Labute approximate surface area is 165 Å². The first-order chi connectivity index (χ1) is 13.4. The molecule has 152 valence electrons. The van der Waals surface area contributed by atoms with E-state index in [1.165, 1.54) is 7.11 Å². The van der Waals surface area contributed by atoms with Crippen LogP contribution in [-0.2, 0) is 22.9 Å². The summed E-state index contributed by atoms with van der Waals surface area (Å²) < 4.78 is 45.9. The van der Waals surface area contributed by atoms with Crippen LogP contribution in [-0.4, -0.2) is 51.7 Å². The number of methoxy groups -OCH3 is 1. The van der Waals surface area contributed by atoms with Crippen molar-refractivity contribution in [1.29, 1.82) is 0 Å². The van der Waals surface area contributed by atoms with Crippen molar-refractivity contribution in [3.63, 3.8) is 0 Å². The lowest BCUT2D eigenvalue weighted by atomic mass is 10.1. The summed E-state index contributed by atoms with van der Waals surface area (Å²) >= 11 is 0. The Morgan fingerprint density at radius 1 is 1.21 bits per heavy atom. The molecule has 8 heteroatoms. The van der Waals surface area contributed by atoms with E-state index in [0.717, 1.165) is 42.8 Å². The second-order valence-electron chi connectivity index (χ2n) is 6.95. The normalized spacial score (nSPS) is 15.0. The van der Waals surface area contributed by atoms with Gasteiger partial charge in [-0.05, 0) is 43.5 Å². The summed E-state index contributed by atoms with van der Waals surface area (Å²) in [4.78, 5) is 6.95. The van der Waals surface area contributed by atoms with Gasteiger partial charge in [0, 0.05) is 31.7 Å². The number of alkyl halides is 1. The second-order valence-corrected chi connectivity index (χ2v) is 8.64. The van der Waals surface area contributed by atoms with Crippen LogP contribution in [0.4, 0.5) is 10.1 Å². The van der Waals surface area contributed by atoms with Gasteiger partial charge >= 0.3 is 0 Å². The highest BCUT2D eigenvalue weighted by Gasteiger charge is 2.21. The lowest BCUT2D eigenvalue weighted by molar-refractivity contribution is 0.270. The van der Waals surface area contributed by atoms with Crippen LogP contribution in [0.2, 0.25) is 0 Å². The van der Waals surface area contributed by atoms with E-state index in [1.807, 2.05) is 13.0 Å². The van der Waals surface area contributed by atoms with E-state index < -0.39 is 10.0 Å². The van der Waals surface area contributed by atoms with E-state index in [2.05, 4.69) is 14.6 Å². The minimum Gasteiger partial charge on any atom is -0.479 e. The van der Waals surface area contributed by atoms with Gasteiger partial charge in [0.1, 0.15) is 5.69 Å². The molecule has 0 saturated carbocycles. The maximum Gasteiger partial charge on any atom is 0.262 e. The predicted octanol–water partition coefficient (Wildman–Crippen LogP) is 2.96. The van der Waals surface area contributed by atoms with Gasteiger partial charge in [0.25, 0.3) is 10.0 Å². The van der Waals surface area contributed by atoms with Crippen molar-refractivity contribution in [3.8, 4) is 5.88 Å². The van der Waals surface area contributed by atoms with E-state index in [0.29, 0.717) is 18.7 Å². The van der Waals surface area contributed by atoms with Gasteiger partial charge in [0.05, 0.1) is 18.7 Å². The fourth-order valence-corrected chi connectivity index (χ4v) is 4.37. The summed E-state index contributed by atoms with van der Waals surface area (Å²) in [7, 11) is -2.27. The summed E-state index contributed by atoms with van der Waals surface area (Å²) in [6, 6.07) is 8.47. The molecule has 0 aliphatic carbocycles. The van der Waals surface area contributed by atoms with Crippen molar-refractivity contribution in [2.75, 3.05) is 38.1 Å². The molecule has 0 spiro atoms.